The molecule has 1 saturated heterocycles. The average molecular weight is 352 g/mol. The van der Waals surface area contributed by atoms with Crippen LogP contribution in [-0.2, 0) is 6.54 Å². The smallest absolute Gasteiger partial charge is 0.287 e. The van der Waals surface area contributed by atoms with Gasteiger partial charge in [0.2, 0.25) is 0 Å². The second-order valence-electron chi connectivity index (χ2n) is 6.09. The third kappa shape index (κ3) is 3.54. The predicted molar refractivity (Wildman–Crippen MR) is 94.7 cm³/mol. The normalized spacial score (nSPS) is 18.2. The van der Waals surface area contributed by atoms with E-state index in [1.807, 2.05) is 18.2 Å². The van der Waals surface area contributed by atoms with E-state index in [2.05, 4.69) is 16.9 Å². The van der Waals surface area contributed by atoms with Crippen molar-refractivity contribution >= 4 is 28.9 Å². The van der Waals surface area contributed by atoms with Crippen LogP contribution in [0.25, 0.3) is 0 Å². The van der Waals surface area contributed by atoms with Gasteiger partial charge in [0, 0.05) is 18.1 Å². The van der Waals surface area contributed by atoms with Crippen molar-refractivity contribution in [3.8, 4) is 0 Å². The molecule has 0 N–H and O–H groups in total. The molecular formula is C17H19Cl2N3O. The largest absolute Gasteiger partial charge is 0.369 e. The zero-order valence-corrected chi connectivity index (χ0v) is 14.5. The van der Waals surface area contributed by atoms with Gasteiger partial charge in [-0.2, -0.15) is 5.10 Å². The van der Waals surface area contributed by atoms with Crippen LogP contribution >= 0.6 is 23.2 Å². The molecule has 0 spiro atoms. The molecule has 0 radical (unpaired) electrons. The summed E-state index contributed by atoms with van der Waals surface area (Å²) >= 11 is 12.5. The Labute approximate surface area is 145 Å². The van der Waals surface area contributed by atoms with E-state index in [9.17, 15) is 4.79 Å². The Kier molecular flexibility index (Phi) is 4.93. The highest BCUT2D eigenvalue weighted by molar-refractivity contribution is 6.33. The van der Waals surface area contributed by atoms with E-state index >= 15 is 0 Å². The number of aromatic nitrogens is 2. The highest BCUT2D eigenvalue weighted by Crippen LogP contribution is 2.26. The Morgan fingerprint density at radius 2 is 2.09 bits per heavy atom. The van der Waals surface area contributed by atoms with Gasteiger partial charge >= 0.3 is 0 Å². The van der Waals surface area contributed by atoms with Crippen LogP contribution in [0.4, 0.5) is 5.69 Å². The predicted octanol–water partition coefficient (Wildman–Crippen LogP) is 3.83. The number of halogens is 2. The fraction of sp³-hybridized carbons (Fsp3) is 0.412. The number of hydrogen-bond acceptors (Lipinski definition) is 3. The van der Waals surface area contributed by atoms with Gasteiger partial charge in [-0.15, -0.1) is 0 Å². The number of nitrogens with zero attached hydrogens (tertiary/aromatic N) is 3. The molecule has 1 fully saturated rings. The molecule has 1 aliphatic rings. The molecule has 1 aromatic carbocycles. The molecule has 122 valence electrons. The number of rotatable bonds is 3. The molecule has 0 saturated carbocycles. The van der Waals surface area contributed by atoms with Crippen molar-refractivity contribution in [3.05, 3.63) is 56.4 Å². The van der Waals surface area contributed by atoms with Crippen LogP contribution in [0.3, 0.4) is 0 Å². The molecule has 0 bridgehead atoms. The van der Waals surface area contributed by atoms with Crippen LogP contribution in [0.15, 0.2) is 35.3 Å². The maximum atomic E-state index is 12.5. The van der Waals surface area contributed by atoms with Crippen molar-refractivity contribution in [2.45, 2.75) is 26.3 Å². The zero-order chi connectivity index (χ0) is 16.4. The van der Waals surface area contributed by atoms with Crippen LogP contribution in [0.2, 0.25) is 10.0 Å². The second-order valence-corrected chi connectivity index (χ2v) is 6.88. The van der Waals surface area contributed by atoms with Crippen LogP contribution in [0.1, 0.15) is 25.3 Å². The van der Waals surface area contributed by atoms with E-state index in [0.717, 1.165) is 30.8 Å². The lowest BCUT2D eigenvalue weighted by molar-refractivity contribution is 0.445. The summed E-state index contributed by atoms with van der Waals surface area (Å²) in [6, 6.07) is 7.42. The van der Waals surface area contributed by atoms with Gasteiger partial charge in [0.05, 0.1) is 18.4 Å². The van der Waals surface area contributed by atoms with Crippen LogP contribution in [0, 0.1) is 5.92 Å². The summed E-state index contributed by atoms with van der Waals surface area (Å²) in [5.74, 6) is 0.602. The van der Waals surface area contributed by atoms with Crippen LogP contribution < -0.4 is 10.5 Å². The van der Waals surface area contributed by atoms with Gasteiger partial charge < -0.3 is 4.90 Å². The van der Waals surface area contributed by atoms with E-state index in [1.54, 1.807) is 12.3 Å². The molecule has 23 heavy (non-hydrogen) atoms. The minimum Gasteiger partial charge on any atom is -0.369 e. The van der Waals surface area contributed by atoms with Gasteiger partial charge in [0.1, 0.15) is 5.02 Å². The molecule has 4 nitrogen and oxygen atoms in total. The minimum absolute atomic E-state index is 0.237. The Morgan fingerprint density at radius 3 is 2.83 bits per heavy atom. The highest BCUT2D eigenvalue weighted by atomic mass is 35.5. The summed E-state index contributed by atoms with van der Waals surface area (Å²) < 4.78 is 1.36. The first-order chi connectivity index (χ1) is 11.1. The molecule has 1 aliphatic heterocycles. The van der Waals surface area contributed by atoms with E-state index in [0.29, 0.717) is 17.5 Å². The number of piperidine rings is 1. The van der Waals surface area contributed by atoms with Gasteiger partial charge in [-0.05, 0) is 30.4 Å². The standard InChI is InChI=1S/C17H19Cl2N3O/c1-12-5-4-8-21(10-12)15-9-20-22(17(23)16(15)19)11-13-6-2-3-7-14(13)18/h2-3,6-7,9,12H,4-5,8,10-11H2,1H3. The number of benzene rings is 1. The van der Waals surface area contributed by atoms with Crippen molar-refractivity contribution in [2.75, 3.05) is 18.0 Å². The Balaban J connectivity index is 1.89. The first kappa shape index (κ1) is 16.3. The molecule has 0 aliphatic carbocycles. The molecule has 3 rings (SSSR count). The number of hydrogen-bond donors (Lipinski definition) is 0. The second kappa shape index (κ2) is 6.93. The molecule has 6 heteroatoms. The zero-order valence-electron chi connectivity index (χ0n) is 13.0. The summed E-state index contributed by atoms with van der Waals surface area (Å²) in [4.78, 5) is 14.7. The molecule has 0 amide bonds. The minimum atomic E-state index is -0.276. The van der Waals surface area contributed by atoms with Crippen molar-refractivity contribution in [2.24, 2.45) is 5.92 Å². The quantitative estimate of drug-likeness (QED) is 0.843. The van der Waals surface area contributed by atoms with E-state index in [4.69, 9.17) is 23.2 Å². The molecule has 2 heterocycles. The van der Waals surface area contributed by atoms with Gasteiger partial charge in [0.25, 0.3) is 5.56 Å². The van der Waals surface area contributed by atoms with Crippen LogP contribution in [0.5, 0.6) is 0 Å². The first-order valence-electron chi connectivity index (χ1n) is 7.80. The van der Waals surface area contributed by atoms with Gasteiger partial charge in [0.15, 0.2) is 0 Å². The van der Waals surface area contributed by atoms with Gasteiger partial charge in [-0.1, -0.05) is 48.3 Å². The van der Waals surface area contributed by atoms with Crippen molar-refractivity contribution in [3.63, 3.8) is 0 Å². The maximum Gasteiger partial charge on any atom is 0.287 e. The van der Waals surface area contributed by atoms with E-state index < -0.39 is 0 Å². The molecular weight excluding hydrogens is 333 g/mol. The third-order valence-corrected chi connectivity index (χ3v) is 4.97. The first-order valence-corrected chi connectivity index (χ1v) is 8.56. The fourth-order valence-corrected chi connectivity index (χ4v) is 3.45. The highest BCUT2D eigenvalue weighted by Gasteiger charge is 2.21. The molecule has 1 aromatic heterocycles. The summed E-state index contributed by atoms with van der Waals surface area (Å²) in [6.07, 6.45) is 4.02. The van der Waals surface area contributed by atoms with Gasteiger partial charge in [-0.25, -0.2) is 4.68 Å². The Hall–Kier alpha value is -1.52. The van der Waals surface area contributed by atoms with E-state index in [1.165, 1.54) is 11.1 Å². The average Bonchev–Trinajstić information content (AvgIpc) is 2.54. The van der Waals surface area contributed by atoms with Crippen molar-refractivity contribution < 1.29 is 0 Å². The molecule has 1 atom stereocenters. The SMILES string of the molecule is CC1CCCN(c2cnn(Cc3ccccc3Cl)c(=O)c2Cl)C1. The van der Waals surface area contributed by atoms with Crippen LogP contribution in [-0.4, -0.2) is 22.9 Å². The number of anilines is 1. The summed E-state index contributed by atoms with van der Waals surface area (Å²) in [5, 5.41) is 5.15. The lowest BCUT2D eigenvalue weighted by atomic mass is 10.00. The fourth-order valence-electron chi connectivity index (χ4n) is 2.99. The van der Waals surface area contributed by atoms with E-state index in [-0.39, 0.29) is 10.6 Å². The monoisotopic (exact) mass is 351 g/mol. The summed E-state index contributed by atoms with van der Waals surface area (Å²) in [7, 11) is 0. The summed E-state index contributed by atoms with van der Waals surface area (Å²) in [6.45, 7) is 4.36. The maximum absolute atomic E-state index is 12.5. The Bertz CT molecular complexity index is 760. The third-order valence-electron chi connectivity index (χ3n) is 4.24. The molecule has 2 aromatic rings. The summed E-state index contributed by atoms with van der Waals surface area (Å²) in [5.41, 5.74) is 1.31. The van der Waals surface area contributed by atoms with Crippen molar-refractivity contribution in [1.82, 2.24) is 9.78 Å². The Morgan fingerprint density at radius 1 is 1.30 bits per heavy atom. The topological polar surface area (TPSA) is 38.1 Å². The lowest BCUT2D eigenvalue weighted by Gasteiger charge is -2.32. The lowest BCUT2D eigenvalue weighted by Crippen LogP contribution is -2.36. The molecule has 1 unspecified atom stereocenters. The van der Waals surface area contributed by atoms with Gasteiger partial charge in [-0.3, -0.25) is 4.79 Å². The van der Waals surface area contributed by atoms with Crippen molar-refractivity contribution in [1.29, 1.82) is 0 Å².